The standard InChI is InChI=1S/C11H22N2O/c14-11-5-2-1-4-10(11)13-8-3-6-12-7-9-13/h10-12,14H,1-9H2/t10-,11+/m1/s1. The van der Waals surface area contributed by atoms with Crippen LogP contribution in [0.1, 0.15) is 32.1 Å². The average molecular weight is 198 g/mol. The quantitative estimate of drug-likeness (QED) is 0.647. The monoisotopic (exact) mass is 198 g/mol. The van der Waals surface area contributed by atoms with Crippen LogP contribution in [0.25, 0.3) is 0 Å². The number of nitrogens with zero attached hydrogens (tertiary/aromatic N) is 1. The Morgan fingerprint density at radius 2 is 1.86 bits per heavy atom. The summed E-state index contributed by atoms with van der Waals surface area (Å²) in [6.07, 6.45) is 5.87. The molecule has 2 rings (SSSR count). The third-order valence-corrected chi connectivity index (χ3v) is 3.54. The first-order valence-corrected chi connectivity index (χ1v) is 6.01. The van der Waals surface area contributed by atoms with Gasteiger partial charge in [-0.3, -0.25) is 4.90 Å². The average Bonchev–Trinajstić information content (AvgIpc) is 2.47. The number of hydrogen-bond acceptors (Lipinski definition) is 3. The summed E-state index contributed by atoms with van der Waals surface area (Å²) in [5, 5.41) is 13.4. The van der Waals surface area contributed by atoms with E-state index < -0.39 is 0 Å². The molecule has 0 spiro atoms. The Kier molecular flexibility index (Phi) is 3.79. The fraction of sp³-hybridized carbons (Fsp3) is 1.00. The molecule has 3 heteroatoms. The number of nitrogens with one attached hydrogen (secondary N) is 1. The predicted octanol–water partition coefficient (Wildman–Crippen LogP) is 0.585. The molecule has 1 saturated heterocycles. The molecule has 0 radical (unpaired) electrons. The lowest BCUT2D eigenvalue weighted by Crippen LogP contribution is -2.46. The normalized spacial score (nSPS) is 36.6. The van der Waals surface area contributed by atoms with Crippen molar-refractivity contribution in [3.63, 3.8) is 0 Å². The van der Waals surface area contributed by atoms with E-state index in [9.17, 15) is 5.11 Å². The second-order valence-corrected chi connectivity index (χ2v) is 4.56. The van der Waals surface area contributed by atoms with E-state index in [1.54, 1.807) is 0 Å². The fourth-order valence-corrected chi connectivity index (χ4v) is 2.72. The summed E-state index contributed by atoms with van der Waals surface area (Å²) >= 11 is 0. The second kappa shape index (κ2) is 5.10. The third-order valence-electron chi connectivity index (χ3n) is 3.54. The van der Waals surface area contributed by atoms with Crippen molar-refractivity contribution >= 4 is 0 Å². The van der Waals surface area contributed by atoms with Crippen molar-refractivity contribution in [2.45, 2.75) is 44.2 Å². The Morgan fingerprint density at radius 1 is 1.00 bits per heavy atom. The highest BCUT2D eigenvalue weighted by Crippen LogP contribution is 2.23. The van der Waals surface area contributed by atoms with Gasteiger partial charge in [0.2, 0.25) is 0 Å². The van der Waals surface area contributed by atoms with Gasteiger partial charge in [0.25, 0.3) is 0 Å². The van der Waals surface area contributed by atoms with E-state index >= 15 is 0 Å². The Bertz CT molecular complexity index is 167. The fourth-order valence-electron chi connectivity index (χ4n) is 2.72. The van der Waals surface area contributed by atoms with Crippen LogP contribution in [0.5, 0.6) is 0 Å². The second-order valence-electron chi connectivity index (χ2n) is 4.56. The molecule has 3 nitrogen and oxygen atoms in total. The van der Waals surface area contributed by atoms with Crippen LogP contribution >= 0.6 is 0 Å². The van der Waals surface area contributed by atoms with Gasteiger partial charge in [-0.1, -0.05) is 12.8 Å². The maximum absolute atomic E-state index is 9.95. The predicted molar refractivity (Wildman–Crippen MR) is 57.3 cm³/mol. The van der Waals surface area contributed by atoms with E-state index in [0.29, 0.717) is 6.04 Å². The molecule has 2 aliphatic rings. The molecule has 1 saturated carbocycles. The molecule has 0 unspecified atom stereocenters. The topological polar surface area (TPSA) is 35.5 Å². The van der Waals surface area contributed by atoms with Crippen LogP contribution in [-0.2, 0) is 0 Å². The summed E-state index contributed by atoms with van der Waals surface area (Å²) in [5.74, 6) is 0. The van der Waals surface area contributed by atoms with Crippen LogP contribution < -0.4 is 5.32 Å². The first-order valence-electron chi connectivity index (χ1n) is 6.01. The van der Waals surface area contributed by atoms with Crippen LogP contribution in [0.15, 0.2) is 0 Å². The van der Waals surface area contributed by atoms with Crippen LogP contribution in [0.2, 0.25) is 0 Å². The van der Waals surface area contributed by atoms with Crippen molar-refractivity contribution in [1.29, 1.82) is 0 Å². The van der Waals surface area contributed by atoms with Crippen molar-refractivity contribution < 1.29 is 5.11 Å². The summed E-state index contributed by atoms with van der Waals surface area (Å²) in [6, 6.07) is 0.448. The van der Waals surface area contributed by atoms with Gasteiger partial charge >= 0.3 is 0 Å². The summed E-state index contributed by atoms with van der Waals surface area (Å²) < 4.78 is 0. The Labute approximate surface area is 86.5 Å². The molecule has 82 valence electrons. The molecule has 1 aliphatic heterocycles. The van der Waals surface area contributed by atoms with Crippen LogP contribution in [-0.4, -0.2) is 48.3 Å². The van der Waals surface area contributed by atoms with E-state index in [-0.39, 0.29) is 6.10 Å². The van der Waals surface area contributed by atoms with E-state index in [0.717, 1.165) is 32.6 Å². The summed E-state index contributed by atoms with van der Waals surface area (Å²) in [5.41, 5.74) is 0. The molecule has 0 aromatic heterocycles. The first-order chi connectivity index (χ1) is 6.88. The number of aliphatic hydroxyl groups excluding tert-OH is 1. The zero-order valence-electron chi connectivity index (χ0n) is 8.91. The van der Waals surface area contributed by atoms with E-state index in [1.807, 2.05) is 0 Å². The molecule has 1 aliphatic carbocycles. The van der Waals surface area contributed by atoms with Crippen molar-refractivity contribution in [1.82, 2.24) is 10.2 Å². The van der Waals surface area contributed by atoms with Gasteiger partial charge in [0.1, 0.15) is 0 Å². The van der Waals surface area contributed by atoms with Gasteiger partial charge in [-0.05, 0) is 32.4 Å². The lowest BCUT2D eigenvalue weighted by molar-refractivity contribution is 0.0228. The van der Waals surface area contributed by atoms with Crippen molar-refractivity contribution in [3.8, 4) is 0 Å². The largest absolute Gasteiger partial charge is 0.391 e. The minimum atomic E-state index is -0.0677. The molecule has 0 aromatic carbocycles. The zero-order chi connectivity index (χ0) is 9.80. The third kappa shape index (κ3) is 2.47. The molecular weight excluding hydrogens is 176 g/mol. The maximum Gasteiger partial charge on any atom is 0.0695 e. The van der Waals surface area contributed by atoms with Gasteiger partial charge in [-0.2, -0.15) is 0 Å². The number of aliphatic hydroxyl groups is 1. The lowest BCUT2D eigenvalue weighted by atomic mass is 9.91. The molecule has 0 amide bonds. The Morgan fingerprint density at radius 3 is 2.71 bits per heavy atom. The van der Waals surface area contributed by atoms with Crippen LogP contribution in [0.4, 0.5) is 0 Å². The lowest BCUT2D eigenvalue weighted by Gasteiger charge is -2.36. The number of hydrogen-bond donors (Lipinski definition) is 2. The summed E-state index contributed by atoms with van der Waals surface area (Å²) in [6.45, 7) is 4.50. The molecular formula is C11H22N2O. The molecule has 2 fully saturated rings. The molecule has 2 atom stereocenters. The van der Waals surface area contributed by atoms with Gasteiger partial charge in [0.05, 0.1) is 6.10 Å². The molecule has 14 heavy (non-hydrogen) atoms. The van der Waals surface area contributed by atoms with Crippen molar-refractivity contribution in [2.24, 2.45) is 0 Å². The minimum absolute atomic E-state index is 0.0677. The van der Waals surface area contributed by atoms with Gasteiger partial charge < -0.3 is 10.4 Å². The van der Waals surface area contributed by atoms with Crippen LogP contribution in [0, 0.1) is 0 Å². The Hall–Kier alpha value is -0.120. The molecule has 1 heterocycles. The molecule has 0 bridgehead atoms. The van der Waals surface area contributed by atoms with E-state index in [1.165, 1.54) is 25.7 Å². The number of rotatable bonds is 1. The molecule has 2 N–H and O–H groups in total. The van der Waals surface area contributed by atoms with Crippen LogP contribution in [0.3, 0.4) is 0 Å². The van der Waals surface area contributed by atoms with Gasteiger partial charge in [-0.15, -0.1) is 0 Å². The Balaban J connectivity index is 1.90. The highest BCUT2D eigenvalue weighted by Gasteiger charge is 2.28. The van der Waals surface area contributed by atoms with E-state index in [4.69, 9.17) is 0 Å². The first kappa shape index (κ1) is 10.4. The van der Waals surface area contributed by atoms with E-state index in [2.05, 4.69) is 10.2 Å². The summed E-state index contributed by atoms with van der Waals surface area (Å²) in [4.78, 5) is 2.49. The van der Waals surface area contributed by atoms with Gasteiger partial charge in [0.15, 0.2) is 0 Å². The van der Waals surface area contributed by atoms with Crippen molar-refractivity contribution in [2.75, 3.05) is 26.2 Å². The smallest absolute Gasteiger partial charge is 0.0695 e. The maximum atomic E-state index is 9.95. The minimum Gasteiger partial charge on any atom is -0.391 e. The van der Waals surface area contributed by atoms with Gasteiger partial charge in [-0.25, -0.2) is 0 Å². The summed E-state index contributed by atoms with van der Waals surface area (Å²) in [7, 11) is 0. The highest BCUT2D eigenvalue weighted by molar-refractivity contribution is 4.84. The highest BCUT2D eigenvalue weighted by atomic mass is 16.3. The van der Waals surface area contributed by atoms with Crippen molar-refractivity contribution in [3.05, 3.63) is 0 Å². The SMILES string of the molecule is O[C@H]1CCCC[C@H]1N1CCCNCC1. The van der Waals surface area contributed by atoms with Gasteiger partial charge in [0, 0.05) is 19.1 Å². The zero-order valence-corrected chi connectivity index (χ0v) is 8.91. The molecule has 0 aromatic rings.